The fraction of sp³-hybridized carbons (Fsp3) is 0.333. The van der Waals surface area contributed by atoms with Crippen LogP contribution in [0.5, 0.6) is 0 Å². The number of carbonyl (C=O) groups is 1. The van der Waals surface area contributed by atoms with E-state index in [1.165, 1.54) is 10.8 Å². The van der Waals surface area contributed by atoms with E-state index in [0.717, 1.165) is 17.7 Å². The van der Waals surface area contributed by atoms with Crippen LogP contribution in [0.1, 0.15) is 23.6 Å². The molecule has 0 spiro atoms. The number of nitrogens with zero attached hydrogens (tertiary/aromatic N) is 3. The highest BCUT2D eigenvalue weighted by atomic mass is 16.3. The topological polar surface area (TPSA) is 58.4 Å². The van der Waals surface area contributed by atoms with Crippen molar-refractivity contribution in [2.24, 2.45) is 0 Å². The third-order valence-corrected chi connectivity index (χ3v) is 5.35. The van der Waals surface area contributed by atoms with E-state index >= 15 is 0 Å². The monoisotopic (exact) mass is 349 g/mol. The highest BCUT2D eigenvalue weighted by molar-refractivity contribution is 5.83. The lowest BCUT2D eigenvalue weighted by atomic mass is 9.86. The molecule has 0 radical (unpaired) electrons. The SMILES string of the molecule is Cc1ccnn1CC(=O)N1CC[C@@H](c2ccc3ccccc3c2)[C@H](O)C1. The van der Waals surface area contributed by atoms with Gasteiger partial charge in [0, 0.05) is 30.9 Å². The molecule has 2 atom stereocenters. The predicted molar refractivity (Wildman–Crippen MR) is 101 cm³/mol. The molecule has 1 aliphatic rings. The Hall–Kier alpha value is -2.66. The maximum absolute atomic E-state index is 12.5. The number of rotatable bonds is 3. The van der Waals surface area contributed by atoms with E-state index in [0.29, 0.717) is 13.1 Å². The van der Waals surface area contributed by atoms with Crippen LogP contribution in [-0.2, 0) is 11.3 Å². The van der Waals surface area contributed by atoms with Gasteiger partial charge < -0.3 is 10.0 Å². The van der Waals surface area contributed by atoms with Crippen molar-refractivity contribution in [2.75, 3.05) is 13.1 Å². The highest BCUT2D eigenvalue weighted by Gasteiger charge is 2.31. The minimum Gasteiger partial charge on any atom is -0.391 e. The molecule has 2 aromatic carbocycles. The number of aryl methyl sites for hydroxylation is 1. The summed E-state index contributed by atoms with van der Waals surface area (Å²) in [6.07, 6.45) is 1.92. The minimum absolute atomic E-state index is 0.00723. The molecule has 0 saturated carbocycles. The number of β-amino-alcohol motifs (C(OH)–C–C–N with tert-alkyl or cyclic N) is 1. The second kappa shape index (κ2) is 6.92. The lowest BCUT2D eigenvalue weighted by Gasteiger charge is -2.36. The summed E-state index contributed by atoms with van der Waals surface area (Å²) in [5.41, 5.74) is 2.11. The van der Waals surface area contributed by atoms with Gasteiger partial charge in [0.25, 0.3) is 0 Å². The van der Waals surface area contributed by atoms with Crippen LogP contribution < -0.4 is 0 Å². The van der Waals surface area contributed by atoms with Crippen LogP contribution in [0.25, 0.3) is 10.8 Å². The van der Waals surface area contributed by atoms with Crippen molar-refractivity contribution in [1.82, 2.24) is 14.7 Å². The van der Waals surface area contributed by atoms with Crippen LogP contribution in [0.3, 0.4) is 0 Å². The van der Waals surface area contributed by atoms with E-state index in [9.17, 15) is 9.90 Å². The van der Waals surface area contributed by atoms with Gasteiger partial charge in [-0.25, -0.2) is 0 Å². The fourth-order valence-corrected chi connectivity index (χ4v) is 3.78. The van der Waals surface area contributed by atoms with Crippen LogP contribution in [0.15, 0.2) is 54.7 Å². The van der Waals surface area contributed by atoms with Gasteiger partial charge in [-0.15, -0.1) is 0 Å². The number of hydrogen-bond acceptors (Lipinski definition) is 3. The Bertz CT molecular complexity index is 934. The first kappa shape index (κ1) is 16.8. The van der Waals surface area contributed by atoms with Crippen LogP contribution in [-0.4, -0.2) is 44.9 Å². The first-order chi connectivity index (χ1) is 12.6. The Labute approximate surface area is 152 Å². The second-order valence-corrected chi connectivity index (χ2v) is 7.04. The van der Waals surface area contributed by atoms with E-state index in [2.05, 4.69) is 35.4 Å². The summed E-state index contributed by atoms with van der Waals surface area (Å²) in [5, 5.41) is 17.2. The van der Waals surface area contributed by atoms with Gasteiger partial charge in [-0.3, -0.25) is 9.48 Å². The lowest BCUT2D eigenvalue weighted by Crippen LogP contribution is -2.46. The molecule has 5 nitrogen and oxygen atoms in total. The number of amides is 1. The number of piperidine rings is 1. The highest BCUT2D eigenvalue weighted by Crippen LogP contribution is 2.30. The van der Waals surface area contributed by atoms with E-state index in [-0.39, 0.29) is 18.4 Å². The van der Waals surface area contributed by atoms with Gasteiger partial charge in [0.15, 0.2) is 0 Å². The van der Waals surface area contributed by atoms with Crippen molar-refractivity contribution >= 4 is 16.7 Å². The quantitative estimate of drug-likeness (QED) is 0.791. The molecule has 4 rings (SSSR count). The van der Waals surface area contributed by atoms with Crippen LogP contribution in [0.4, 0.5) is 0 Å². The molecule has 134 valence electrons. The normalized spacial score (nSPS) is 20.5. The summed E-state index contributed by atoms with van der Waals surface area (Å²) in [4.78, 5) is 14.3. The van der Waals surface area contributed by atoms with Gasteiger partial charge in [-0.2, -0.15) is 5.10 Å². The van der Waals surface area contributed by atoms with Crippen molar-refractivity contribution in [3.63, 3.8) is 0 Å². The maximum atomic E-state index is 12.5. The van der Waals surface area contributed by atoms with Gasteiger partial charge >= 0.3 is 0 Å². The third kappa shape index (κ3) is 3.22. The molecular formula is C21H23N3O2. The Morgan fingerprint density at radius 1 is 1.19 bits per heavy atom. The summed E-state index contributed by atoms with van der Waals surface area (Å²) in [5.74, 6) is 0.0721. The number of aromatic nitrogens is 2. The Balaban J connectivity index is 1.45. The van der Waals surface area contributed by atoms with Crippen molar-refractivity contribution in [1.29, 1.82) is 0 Å². The third-order valence-electron chi connectivity index (χ3n) is 5.35. The summed E-state index contributed by atoms with van der Waals surface area (Å²) < 4.78 is 1.70. The van der Waals surface area contributed by atoms with Gasteiger partial charge in [-0.05, 0) is 35.7 Å². The number of carbonyl (C=O) groups excluding carboxylic acids is 1. The smallest absolute Gasteiger partial charge is 0.244 e. The van der Waals surface area contributed by atoms with Crippen molar-refractivity contribution in [3.05, 3.63) is 66.0 Å². The van der Waals surface area contributed by atoms with Gasteiger partial charge in [-0.1, -0.05) is 42.5 Å². The molecule has 1 N–H and O–H groups in total. The maximum Gasteiger partial charge on any atom is 0.244 e. The molecule has 0 unspecified atom stereocenters. The largest absolute Gasteiger partial charge is 0.391 e. The molecule has 3 aromatic rings. The zero-order chi connectivity index (χ0) is 18.1. The Morgan fingerprint density at radius 2 is 2.00 bits per heavy atom. The molecule has 1 aromatic heterocycles. The number of likely N-dealkylation sites (tertiary alicyclic amines) is 1. The van der Waals surface area contributed by atoms with Crippen LogP contribution in [0.2, 0.25) is 0 Å². The average molecular weight is 349 g/mol. The van der Waals surface area contributed by atoms with Gasteiger partial charge in [0.2, 0.25) is 5.91 Å². The first-order valence-electron chi connectivity index (χ1n) is 9.05. The first-order valence-corrected chi connectivity index (χ1v) is 9.05. The van der Waals surface area contributed by atoms with Crippen molar-refractivity contribution in [3.8, 4) is 0 Å². The molecule has 1 saturated heterocycles. The van der Waals surface area contributed by atoms with E-state index in [1.807, 2.05) is 25.1 Å². The molecule has 1 aliphatic heterocycles. The summed E-state index contributed by atoms with van der Waals surface area (Å²) in [7, 11) is 0. The molecule has 2 heterocycles. The molecular weight excluding hydrogens is 326 g/mol. The summed E-state index contributed by atoms with van der Waals surface area (Å²) in [6, 6.07) is 16.5. The zero-order valence-corrected chi connectivity index (χ0v) is 14.9. The lowest BCUT2D eigenvalue weighted by molar-refractivity contribution is -0.135. The summed E-state index contributed by atoms with van der Waals surface area (Å²) in [6.45, 7) is 3.19. The van der Waals surface area contributed by atoms with E-state index in [1.54, 1.807) is 15.8 Å². The minimum atomic E-state index is -0.549. The number of aliphatic hydroxyl groups is 1. The van der Waals surface area contributed by atoms with Gasteiger partial charge in [0.05, 0.1) is 6.10 Å². The average Bonchev–Trinajstić information content (AvgIpc) is 3.06. The fourth-order valence-electron chi connectivity index (χ4n) is 3.78. The van der Waals surface area contributed by atoms with Crippen LogP contribution >= 0.6 is 0 Å². The number of hydrogen-bond donors (Lipinski definition) is 1. The summed E-state index contributed by atoms with van der Waals surface area (Å²) >= 11 is 0. The Kier molecular flexibility index (Phi) is 4.47. The molecule has 26 heavy (non-hydrogen) atoms. The van der Waals surface area contributed by atoms with Crippen molar-refractivity contribution < 1.29 is 9.90 Å². The number of fused-ring (bicyclic) bond motifs is 1. The standard InChI is InChI=1S/C21H23N3O2/c1-15-8-10-22-24(15)14-21(26)23-11-9-19(20(25)13-23)18-7-6-16-4-2-3-5-17(16)12-18/h2-8,10,12,19-20,25H,9,11,13-14H2,1H3/t19-,20+/m0/s1. The van der Waals surface area contributed by atoms with E-state index in [4.69, 9.17) is 0 Å². The Morgan fingerprint density at radius 3 is 2.73 bits per heavy atom. The van der Waals surface area contributed by atoms with E-state index < -0.39 is 6.10 Å². The molecule has 0 aliphatic carbocycles. The van der Waals surface area contributed by atoms with Crippen molar-refractivity contribution in [2.45, 2.75) is 31.9 Å². The molecule has 0 bridgehead atoms. The number of benzene rings is 2. The molecule has 1 fully saturated rings. The second-order valence-electron chi connectivity index (χ2n) is 7.04. The molecule has 5 heteroatoms. The molecule has 1 amide bonds. The zero-order valence-electron chi connectivity index (χ0n) is 14.9. The number of aliphatic hydroxyl groups excluding tert-OH is 1. The van der Waals surface area contributed by atoms with Gasteiger partial charge in [0.1, 0.15) is 6.54 Å². The predicted octanol–water partition coefficient (Wildman–Crippen LogP) is 2.72. The van der Waals surface area contributed by atoms with Crippen LogP contribution in [0, 0.1) is 6.92 Å².